The van der Waals surface area contributed by atoms with Crippen LogP contribution >= 0.6 is 0 Å². The molecule has 1 N–H and O–H groups in total. The molecular formula is C14H20N2O2. The highest BCUT2D eigenvalue weighted by Gasteiger charge is 2.31. The molecule has 1 saturated carbocycles. The van der Waals surface area contributed by atoms with Crippen molar-refractivity contribution in [3.8, 4) is 0 Å². The number of hydrogen-bond acceptors (Lipinski definition) is 3. The van der Waals surface area contributed by atoms with E-state index in [4.69, 9.17) is 0 Å². The van der Waals surface area contributed by atoms with Crippen molar-refractivity contribution >= 4 is 11.4 Å². The van der Waals surface area contributed by atoms with Crippen LogP contribution in [0.25, 0.3) is 0 Å². The third-order valence-electron chi connectivity index (χ3n) is 3.90. The molecular weight excluding hydrogens is 228 g/mol. The van der Waals surface area contributed by atoms with Crippen molar-refractivity contribution in [2.75, 3.05) is 5.32 Å². The number of nitrogens with zero attached hydrogens (tertiary/aromatic N) is 1. The average Bonchev–Trinajstić information content (AvgIpc) is 2.23. The van der Waals surface area contributed by atoms with Crippen LogP contribution in [-0.2, 0) is 0 Å². The number of aryl methyl sites for hydroxylation is 1. The normalized spacial score (nSPS) is 22.7. The summed E-state index contributed by atoms with van der Waals surface area (Å²) in [5, 5.41) is 14.1. The van der Waals surface area contributed by atoms with E-state index in [0.29, 0.717) is 6.04 Å². The summed E-state index contributed by atoms with van der Waals surface area (Å²) in [7, 11) is 0. The van der Waals surface area contributed by atoms with Gasteiger partial charge >= 0.3 is 0 Å². The second-order valence-electron chi connectivity index (χ2n) is 5.57. The molecule has 18 heavy (non-hydrogen) atoms. The summed E-state index contributed by atoms with van der Waals surface area (Å²) < 4.78 is 0. The largest absolute Gasteiger partial charge is 0.382 e. The summed E-state index contributed by atoms with van der Waals surface area (Å²) >= 11 is 0. The predicted octanol–water partition coefficient (Wildman–Crippen LogP) is 3.75. The molecule has 4 heteroatoms. The maximum absolute atomic E-state index is 10.7. The van der Waals surface area contributed by atoms with Crippen molar-refractivity contribution in [1.29, 1.82) is 0 Å². The fourth-order valence-corrected chi connectivity index (χ4v) is 2.47. The molecule has 98 valence electrons. The molecule has 0 saturated heterocycles. The highest BCUT2D eigenvalue weighted by molar-refractivity contribution is 5.56. The van der Waals surface area contributed by atoms with Crippen LogP contribution in [0.15, 0.2) is 18.2 Å². The standard InChI is InChI=1S/C14H20N2O2/c1-9(2)11-7-12(8-11)15-14-5-4-13(16(17)18)6-10(14)3/h4-6,9,11-12,15H,7-8H2,1-3H3. The van der Waals surface area contributed by atoms with Crippen molar-refractivity contribution in [1.82, 2.24) is 0 Å². The fourth-order valence-electron chi connectivity index (χ4n) is 2.47. The quantitative estimate of drug-likeness (QED) is 0.652. The maximum Gasteiger partial charge on any atom is 0.269 e. The van der Waals surface area contributed by atoms with E-state index in [0.717, 1.165) is 23.1 Å². The van der Waals surface area contributed by atoms with E-state index in [1.54, 1.807) is 12.1 Å². The SMILES string of the molecule is Cc1cc([N+](=O)[O-])ccc1NC1CC(C(C)C)C1. The van der Waals surface area contributed by atoms with Crippen LogP contribution in [0.5, 0.6) is 0 Å². The monoisotopic (exact) mass is 248 g/mol. The Morgan fingerprint density at radius 1 is 1.39 bits per heavy atom. The summed E-state index contributed by atoms with van der Waals surface area (Å²) in [4.78, 5) is 10.3. The van der Waals surface area contributed by atoms with E-state index in [-0.39, 0.29) is 10.6 Å². The third kappa shape index (κ3) is 2.63. The average molecular weight is 248 g/mol. The molecule has 1 fully saturated rings. The molecule has 1 aliphatic carbocycles. The van der Waals surface area contributed by atoms with Crippen molar-refractivity contribution in [3.05, 3.63) is 33.9 Å². The van der Waals surface area contributed by atoms with Gasteiger partial charge in [-0.25, -0.2) is 0 Å². The van der Waals surface area contributed by atoms with Gasteiger partial charge in [-0.2, -0.15) is 0 Å². The first kappa shape index (κ1) is 12.9. The number of non-ortho nitro benzene ring substituents is 1. The number of nitro groups is 1. The minimum Gasteiger partial charge on any atom is -0.382 e. The minimum absolute atomic E-state index is 0.159. The number of anilines is 1. The van der Waals surface area contributed by atoms with E-state index < -0.39 is 0 Å². The van der Waals surface area contributed by atoms with Crippen molar-refractivity contribution in [2.24, 2.45) is 11.8 Å². The third-order valence-corrected chi connectivity index (χ3v) is 3.90. The summed E-state index contributed by atoms with van der Waals surface area (Å²) in [6.45, 7) is 6.43. The van der Waals surface area contributed by atoms with Crippen LogP contribution in [0.2, 0.25) is 0 Å². The first-order valence-corrected chi connectivity index (χ1v) is 6.49. The van der Waals surface area contributed by atoms with E-state index in [1.807, 2.05) is 13.0 Å². The molecule has 0 aliphatic heterocycles. The van der Waals surface area contributed by atoms with Gasteiger partial charge in [0.15, 0.2) is 0 Å². The molecule has 1 aromatic carbocycles. The summed E-state index contributed by atoms with van der Waals surface area (Å²) in [5.41, 5.74) is 2.12. The lowest BCUT2D eigenvalue weighted by molar-refractivity contribution is -0.384. The lowest BCUT2D eigenvalue weighted by atomic mass is 9.73. The van der Waals surface area contributed by atoms with E-state index >= 15 is 0 Å². The topological polar surface area (TPSA) is 55.2 Å². The number of nitrogens with one attached hydrogen (secondary N) is 1. The Labute approximate surface area is 108 Å². The maximum atomic E-state index is 10.7. The van der Waals surface area contributed by atoms with Crippen molar-refractivity contribution in [2.45, 2.75) is 39.7 Å². The van der Waals surface area contributed by atoms with Gasteiger partial charge in [-0.3, -0.25) is 10.1 Å². The van der Waals surface area contributed by atoms with Gasteiger partial charge in [0, 0.05) is 23.9 Å². The lowest BCUT2D eigenvalue weighted by Crippen LogP contribution is -2.38. The highest BCUT2D eigenvalue weighted by Crippen LogP contribution is 2.36. The van der Waals surface area contributed by atoms with Crippen LogP contribution in [-0.4, -0.2) is 11.0 Å². The molecule has 0 bridgehead atoms. The van der Waals surface area contributed by atoms with Gasteiger partial charge in [-0.1, -0.05) is 13.8 Å². The molecule has 2 rings (SSSR count). The molecule has 0 atom stereocenters. The molecule has 4 nitrogen and oxygen atoms in total. The smallest absolute Gasteiger partial charge is 0.269 e. The number of hydrogen-bond donors (Lipinski definition) is 1. The second kappa shape index (κ2) is 4.96. The summed E-state index contributed by atoms with van der Waals surface area (Å²) in [5.74, 6) is 1.57. The second-order valence-corrected chi connectivity index (χ2v) is 5.57. The van der Waals surface area contributed by atoms with Crippen LogP contribution in [0.3, 0.4) is 0 Å². The van der Waals surface area contributed by atoms with E-state index in [2.05, 4.69) is 19.2 Å². The molecule has 0 radical (unpaired) electrons. The zero-order valence-corrected chi connectivity index (χ0v) is 11.1. The zero-order chi connectivity index (χ0) is 13.3. The van der Waals surface area contributed by atoms with Gasteiger partial charge in [0.05, 0.1) is 4.92 Å². The Balaban J connectivity index is 1.97. The number of benzene rings is 1. The molecule has 1 aromatic rings. The van der Waals surface area contributed by atoms with Crippen LogP contribution in [0.1, 0.15) is 32.3 Å². The molecule has 0 unspecified atom stereocenters. The fraction of sp³-hybridized carbons (Fsp3) is 0.571. The van der Waals surface area contributed by atoms with Crippen LogP contribution in [0.4, 0.5) is 11.4 Å². The molecule has 0 heterocycles. The van der Waals surface area contributed by atoms with Gasteiger partial charge < -0.3 is 5.32 Å². The van der Waals surface area contributed by atoms with Crippen LogP contribution < -0.4 is 5.32 Å². The molecule has 0 aromatic heterocycles. The lowest BCUT2D eigenvalue weighted by Gasteiger charge is -2.39. The first-order valence-electron chi connectivity index (χ1n) is 6.49. The molecule has 0 amide bonds. The van der Waals surface area contributed by atoms with Gasteiger partial charge in [0.1, 0.15) is 0 Å². The minimum atomic E-state index is -0.352. The summed E-state index contributed by atoms with van der Waals surface area (Å²) in [6.07, 6.45) is 2.40. The summed E-state index contributed by atoms with van der Waals surface area (Å²) in [6, 6.07) is 5.53. The first-order chi connectivity index (χ1) is 8.47. The Hall–Kier alpha value is -1.58. The Morgan fingerprint density at radius 2 is 2.06 bits per heavy atom. The number of rotatable bonds is 4. The van der Waals surface area contributed by atoms with Gasteiger partial charge in [0.2, 0.25) is 0 Å². The van der Waals surface area contributed by atoms with Gasteiger partial charge in [0.25, 0.3) is 5.69 Å². The Kier molecular flexibility index (Phi) is 3.55. The van der Waals surface area contributed by atoms with Gasteiger partial charge in [-0.05, 0) is 43.2 Å². The predicted molar refractivity (Wildman–Crippen MR) is 72.8 cm³/mol. The van der Waals surface area contributed by atoms with Crippen molar-refractivity contribution < 1.29 is 4.92 Å². The van der Waals surface area contributed by atoms with Crippen molar-refractivity contribution in [3.63, 3.8) is 0 Å². The highest BCUT2D eigenvalue weighted by atomic mass is 16.6. The Bertz CT molecular complexity index is 451. The van der Waals surface area contributed by atoms with E-state index in [1.165, 1.54) is 12.8 Å². The van der Waals surface area contributed by atoms with Crippen LogP contribution in [0, 0.1) is 28.9 Å². The zero-order valence-electron chi connectivity index (χ0n) is 11.1. The number of nitro benzene ring substituents is 1. The van der Waals surface area contributed by atoms with E-state index in [9.17, 15) is 10.1 Å². The molecule has 1 aliphatic rings. The molecule has 0 spiro atoms. The Morgan fingerprint density at radius 3 is 2.56 bits per heavy atom. The van der Waals surface area contributed by atoms with Gasteiger partial charge in [-0.15, -0.1) is 0 Å².